The third-order valence-electron chi connectivity index (χ3n) is 3.44. The van der Waals surface area contributed by atoms with Crippen LogP contribution in [-0.4, -0.2) is 27.6 Å². The van der Waals surface area contributed by atoms with Crippen LogP contribution in [0, 0.1) is 5.92 Å². The number of aromatic nitrogens is 2. The molecule has 2 amide bonds. The van der Waals surface area contributed by atoms with Crippen molar-refractivity contribution in [3.8, 4) is 0 Å². The van der Waals surface area contributed by atoms with E-state index in [0.717, 1.165) is 5.56 Å². The Balaban J connectivity index is 1.97. The maximum absolute atomic E-state index is 12.4. The molecule has 0 aliphatic rings. The summed E-state index contributed by atoms with van der Waals surface area (Å²) in [6.45, 7) is 3.79. The van der Waals surface area contributed by atoms with Crippen molar-refractivity contribution in [2.75, 3.05) is 5.32 Å². The number of benzene rings is 1. The normalized spacial score (nSPS) is 12.0. The van der Waals surface area contributed by atoms with Gasteiger partial charge in [-0.25, -0.2) is 0 Å². The molecule has 0 fully saturated rings. The third kappa shape index (κ3) is 4.95. The Morgan fingerprint density at radius 2 is 1.87 bits per heavy atom. The van der Waals surface area contributed by atoms with Crippen molar-refractivity contribution in [3.05, 3.63) is 48.2 Å². The van der Waals surface area contributed by atoms with Crippen molar-refractivity contribution in [2.45, 2.75) is 26.3 Å². The van der Waals surface area contributed by atoms with Gasteiger partial charge in [0.1, 0.15) is 6.04 Å². The fourth-order valence-electron chi connectivity index (χ4n) is 2.23. The van der Waals surface area contributed by atoms with Crippen LogP contribution in [0.25, 0.3) is 0 Å². The van der Waals surface area contributed by atoms with Crippen molar-refractivity contribution in [1.82, 2.24) is 15.1 Å². The van der Waals surface area contributed by atoms with Gasteiger partial charge in [0.25, 0.3) is 0 Å². The molecule has 0 radical (unpaired) electrons. The Labute approximate surface area is 135 Å². The second-order valence-corrected chi connectivity index (χ2v) is 5.82. The highest BCUT2D eigenvalue weighted by molar-refractivity contribution is 5.96. The summed E-state index contributed by atoms with van der Waals surface area (Å²) in [6.07, 6.45) is 1.99. The third-order valence-corrected chi connectivity index (χ3v) is 3.44. The monoisotopic (exact) mass is 314 g/mol. The lowest BCUT2D eigenvalue weighted by Gasteiger charge is -2.21. The predicted molar refractivity (Wildman–Crippen MR) is 88.8 cm³/mol. The molecular formula is C17H22N4O2. The molecule has 0 saturated heterocycles. The van der Waals surface area contributed by atoms with Gasteiger partial charge in [0.15, 0.2) is 5.82 Å². The number of carbonyl (C=O) groups excluding carboxylic acids is 2. The summed E-state index contributed by atoms with van der Waals surface area (Å²) in [4.78, 5) is 24.6. The van der Waals surface area contributed by atoms with Gasteiger partial charge in [-0.2, -0.15) is 5.10 Å². The van der Waals surface area contributed by atoms with Crippen LogP contribution in [0.2, 0.25) is 0 Å². The summed E-state index contributed by atoms with van der Waals surface area (Å²) in [5.41, 5.74) is 0.914. The lowest BCUT2D eigenvalue weighted by Crippen LogP contribution is -2.47. The molecule has 1 unspecified atom stereocenters. The molecule has 1 heterocycles. The first-order chi connectivity index (χ1) is 11.0. The Hall–Kier alpha value is -2.63. The highest BCUT2D eigenvalue weighted by Gasteiger charge is 2.24. The van der Waals surface area contributed by atoms with Gasteiger partial charge in [-0.1, -0.05) is 44.2 Å². The number of aryl methyl sites for hydroxylation is 1. The van der Waals surface area contributed by atoms with E-state index in [9.17, 15) is 9.59 Å². The predicted octanol–water partition coefficient (Wildman–Crippen LogP) is 1.74. The molecule has 1 atom stereocenters. The van der Waals surface area contributed by atoms with Crippen molar-refractivity contribution < 1.29 is 9.59 Å². The fraction of sp³-hybridized carbons (Fsp3) is 0.353. The Bertz CT molecular complexity index is 664. The second-order valence-electron chi connectivity index (χ2n) is 5.82. The highest BCUT2D eigenvalue weighted by Crippen LogP contribution is 2.08. The molecular weight excluding hydrogens is 292 g/mol. The molecule has 0 saturated carbocycles. The summed E-state index contributed by atoms with van der Waals surface area (Å²) < 4.78 is 1.61. The number of amides is 2. The number of carbonyl (C=O) groups is 2. The number of hydrogen-bond donors (Lipinski definition) is 2. The van der Waals surface area contributed by atoms with E-state index in [0.29, 0.717) is 5.82 Å². The van der Waals surface area contributed by atoms with E-state index in [1.165, 1.54) is 0 Å². The quantitative estimate of drug-likeness (QED) is 0.853. The molecule has 0 aliphatic heterocycles. The van der Waals surface area contributed by atoms with Gasteiger partial charge in [-0.05, 0) is 11.5 Å². The number of nitrogens with zero attached hydrogens (tertiary/aromatic N) is 2. The van der Waals surface area contributed by atoms with Gasteiger partial charge in [0.05, 0.1) is 6.42 Å². The van der Waals surface area contributed by atoms with Gasteiger partial charge in [-0.15, -0.1) is 0 Å². The molecule has 0 bridgehead atoms. The summed E-state index contributed by atoms with van der Waals surface area (Å²) in [5, 5.41) is 9.65. The minimum atomic E-state index is -0.604. The van der Waals surface area contributed by atoms with Crippen molar-refractivity contribution in [1.29, 1.82) is 0 Å². The van der Waals surface area contributed by atoms with Crippen molar-refractivity contribution >= 4 is 17.6 Å². The van der Waals surface area contributed by atoms with E-state index in [1.807, 2.05) is 44.2 Å². The average molecular weight is 314 g/mol. The SMILES string of the molecule is CC(C)C(NC(=O)Cc1ccccc1)C(=O)Nc1ccn(C)n1. The molecule has 0 aliphatic carbocycles. The first-order valence-electron chi connectivity index (χ1n) is 7.59. The molecule has 6 heteroatoms. The summed E-state index contributed by atoms with van der Waals surface area (Å²) >= 11 is 0. The number of anilines is 1. The Morgan fingerprint density at radius 3 is 2.43 bits per heavy atom. The molecule has 23 heavy (non-hydrogen) atoms. The molecule has 2 aromatic rings. The van der Waals surface area contributed by atoms with Gasteiger partial charge >= 0.3 is 0 Å². The summed E-state index contributed by atoms with van der Waals surface area (Å²) in [7, 11) is 1.78. The zero-order valence-corrected chi connectivity index (χ0v) is 13.6. The van der Waals surface area contributed by atoms with E-state index >= 15 is 0 Å². The maximum atomic E-state index is 12.4. The number of hydrogen-bond acceptors (Lipinski definition) is 3. The lowest BCUT2D eigenvalue weighted by atomic mass is 10.0. The van der Waals surface area contributed by atoms with Crippen LogP contribution in [0.5, 0.6) is 0 Å². The van der Waals surface area contributed by atoms with Crippen molar-refractivity contribution in [3.63, 3.8) is 0 Å². The second kappa shape index (κ2) is 7.58. The molecule has 0 spiro atoms. The zero-order chi connectivity index (χ0) is 16.8. The molecule has 1 aromatic heterocycles. The lowest BCUT2D eigenvalue weighted by molar-refractivity contribution is -0.127. The largest absolute Gasteiger partial charge is 0.344 e. The fourth-order valence-corrected chi connectivity index (χ4v) is 2.23. The van der Waals surface area contributed by atoms with E-state index in [2.05, 4.69) is 15.7 Å². The van der Waals surface area contributed by atoms with E-state index in [4.69, 9.17) is 0 Å². The topological polar surface area (TPSA) is 76.0 Å². The molecule has 2 rings (SSSR count). The first-order valence-corrected chi connectivity index (χ1v) is 7.59. The van der Waals surface area contributed by atoms with Crippen LogP contribution in [-0.2, 0) is 23.1 Å². The van der Waals surface area contributed by atoms with Crippen LogP contribution in [0.4, 0.5) is 5.82 Å². The van der Waals surface area contributed by atoms with E-state index in [1.54, 1.807) is 24.0 Å². The van der Waals surface area contributed by atoms with Crippen LogP contribution in [0.15, 0.2) is 42.6 Å². The van der Waals surface area contributed by atoms with Crippen LogP contribution >= 0.6 is 0 Å². The van der Waals surface area contributed by atoms with E-state index < -0.39 is 6.04 Å². The standard InChI is InChI=1S/C17H22N4O2/c1-12(2)16(17(23)18-14-9-10-21(3)20-14)19-15(22)11-13-7-5-4-6-8-13/h4-10,12,16H,11H2,1-3H3,(H,19,22)(H,18,20,23). The number of rotatable bonds is 6. The average Bonchev–Trinajstić information content (AvgIpc) is 2.90. The van der Waals surface area contributed by atoms with Crippen LogP contribution in [0.1, 0.15) is 19.4 Å². The van der Waals surface area contributed by atoms with Crippen LogP contribution < -0.4 is 10.6 Å². The maximum Gasteiger partial charge on any atom is 0.248 e. The summed E-state index contributed by atoms with van der Waals surface area (Å²) in [5.74, 6) is 0.00470. The van der Waals surface area contributed by atoms with Crippen molar-refractivity contribution in [2.24, 2.45) is 13.0 Å². The van der Waals surface area contributed by atoms with Crippen LogP contribution in [0.3, 0.4) is 0 Å². The number of nitrogens with one attached hydrogen (secondary N) is 2. The minimum Gasteiger partial charge on any atom is -0.344 e. The summed E-state index contributed by atoms with van der Waals surface area (Å²) in [6, 6.07) is 10.6. The first kappa shape index (κ1) is 16.7. The van der Waals surface area contributed by atoms with Gasteiger partial charge in [-0.3, -0.25) is 14.3 Å². The molecule has 122 valence electrons. The smallest absolute Gasteiger partial charge is 0.248 e. The molecule has 2 N–H and O–H groups in total. The Morgan fingerprint density at radius 1 is 1.17 bits per heavy atom. The van der Waals surface area contributed by atoms with E-state index in [-0.39, 0.29) is 24.2 Å². The van der Waals surface area contributed by atoms with Gasteiger partial charge in [0.2, 0.25) is 11.8 Å². The van der Waals surface area contributed by atoms with Gasteiger partial charge < -0.3 is 10.6 Å². The molecule has 1 aromatic carbocycles. The molecule has 6 nitrogen and oxygen atoms in total. The minimum absolute atomic E-state index is 0.0292. The zero-order valence-electron chi connectivity index (χ0n) is 13.6. The Kier molecular flexibility index (Phi) is 5.51. The highest BCUT2D eigenvalue weighted by atomic mass is 16.2. The van der Waals surface area contributed by atoms with Gasteiger partial charge in [0, 0.05) is 19.3 Å².